The molecule has 0 aromatic carbocycles. The van der Waals surface area contributed by atoms with Crippen molar-refractivity contribution >= 4 is 23.9 Å². The lowest BCUT2D eigenvalue weighted by atomic mass is 9.98. The van der Waals surface area contributed by atoms with E-state index in [0.29, 0.717) is 19.3 Å². The largest absolute Gasteiger partial charge is 0.479 e. The van der Waals surface area contributed by atoms with Gasteiger partial charge in [-0.2, -0.15) is 0 Å². The molecule has 0 amide bonds. The third-order valence-corrected chi connectivity index (χ3v) is 17.0. The molecule has 498 valence electrons. The summed E-state index contributed by atoms with van der Waals surface area (Å²) in [4.78, 5) is 51.5. The minimum atomic E-state index is -1.90. The Hall–Kier alpha value is -2.80. The van der Waals surface area contributed by atoms with Crippen molar-refractivity contribution in [3.8, 4) is 0 Å². The molecule has 1 aliphatic heterocycles. The SMILES string of the molecule is CCCCC/C=C\C/C=C\CCCCCCCCCCCC(=O)OCC(COC1OC(C(=O)O)C(O)C(O)C1OC(=O)CCCCCCCCCCCCCCCCCCCCC)OC(=O)CCCCCCCCCCCCCCCCCCC. The number of hydrogen-bond donors (Lipinski definition) is 3. The smallest absolute Gasteiger partial charge is 0.335 e. The van der Waals surface area contributed by atoms with Crippen LogP contribution in [0.2, 0.25) is 0 Å². The van der Waals surface area contributed by atoms with Gasteiger partial charge in [-0.1, -0.05) is 321 Å². The average Bonchev–Trinajstić information content (AvgIpc) is 3.51. The summed E-state index contributed by atoms with van der Waals surface area (Å²) in [5, 5.41) is 31.7. The maximum atomic E-state index is 13.2. The van der Waals surface area contributed by atoms with Gasteiger partial charge in [0, 0.05) is 19.3 Å². The van der Waals surface area contributed by atoms with Crippen molar-refractivity contribution in [2.24, 2.45) is 0 Å². The van der Waals surface area contributed by atoms with Crippen molar-refractivity contribution in [1.29, 1.82) is 0 Å². The zero-order valence-corrected chi connectivity index (χ0v) is 55.4. The Kier molecular flexibility index (Phi) is 58.0. The lowest BCUT2D eigenvalue weighted by molar-refractivity contribution is -0.301. The Morgan fingerprint density at radius 3 is 1.08 bits per heavy atom. The maximum Gasteiger partial charge on any atom is 0.335 e. The van der Waals surface area contributed by atoms with Crippen LogP contribution >= 0.6 is 0 Å². The zero-order valence-electron chi connectivity index (χ0n) is 55.4. The van der Waals surface area contributed by atoms with Crippen LogP contribution in [0.5, 0.6) is 0 Å². The molecular weight excluding hydrogens is 1070 g/mol. The molecule has 12 nitrogen and oxygen atoms in total. The van der Waals surface area contributed by atoms with Crippen LogP contribution in [0.1, 0.15) is 367 Å². The first kappa shape index (κ1) is 80.2. The molecule has 1 heterocycles. The standard InChI is InChI=1S/C73H134O12/c1-4-7-10-13-16-19-22-25-28-31-33-36-38-41-44-47-50-53-56-59-65(74)81-62-64(83-66(75)60-57-54-51-48-45-42-39-35-30-27-24-21-18-15-12-9-6-3)63-82-73-71(69(78)68(77)70(85-73)72(79)80)84-67(76)61-58-55-52-49-46-43-40-37-34-32-29-26-23-20-17-14-11-8-5-2/h16,19,25,28,64,68-71,73,77-78H,4-15,17-18,20-24,26-27,29-63H2,1-3H3,(H,79,80)/b19-16-,28-25-. The number of carbonyl (C=O) groups is 4. The van der Waals surface area contributed by atoms with Gasteiger partial charge in [0.1, 0.15) is 18.8 Å². The Morgan fingerprint density at radius 1 is 0.388 bits per heavy atom. The second kappa shape index (κ2) is 61.4. The number of aliphatic hydroxyl groups excluding tert-OH is 2. The van der Waals surface area contributed by atoms with E-state index in [1.165, 1.54) is 238 Å². The summed E-state index contributed by atoms with van der Waals surface area (Å²) >= 11 is 0. The highest BCUT2D eigenvalue weighted by Gasteiger charge is 2.50. The molecule has 1 aliphatic rings. The Morgan fingerprint density at radius 2 is 0.706 bits per heavy atom. The highest BCUT2D eigenvalue weighted by molar-refractivity contribution is 5.74. The topological polar surface area (TPSA) is 175 Å². The quantitative estimate of drug-likeness (QED) is 0.0228. The first-order valence-corrected chi connectivity index (χ1v) is 36.3. The highest BCUT2D eigenvalue weighted by atomic mass is 16.7. The summed E-state index contributed by atoms with van der Waals surface area (Å²) in [6.45, 7) is 6.06. The molecule has 3 N–H and O–H groups in total. The van der Waals surface area contributed by atoms with Crippen LogP contribution in [0.3, 0.4) is 0 Å². The van der Waals surface area contributed by atoms with Crippen LogP contribution in [0.15, 0.2) is 24.3 Å². The molecule has 0 aliphatic carbocycles. The number of carboxylic acids is 1. The molecule has 0 radical (unpaired) electrons. The summed E-state index contributed by atoms with van der Waals surface area (Å²) in [6.07, 6.45) is 61.3. The molecule has 1 saturated heterocycles. The van der Waals surface area contributed by atoms with Crippen molar-refractivity contribution in [2.45, 2.75) is 404 Å². The predicted molar refractivity (Wildman–Crippen MR) is 350 cm³/mol. The number of allylic oxidation sites excluding steroid dienone is 4. The monoisotopic (exact) mass is 1200 g/mol. The van der Waals surface area contributed by atoms with Crippen LogP contribution < -0.4 is 0 Å². The van der Waals surface area contributed by atoms with E-state index in [1.807, 2.05) is 0 Å². The molecule has 12 heteroatoms. The molecule has 0 aromatic rings. The third kappa shape index (κ3) is 50.7. The Bertz CT molecular complexity index is 1570. The fraction of sp³-hybridized carbons (Fsp3) is 0.890. The van der Waals surface area contributed by atoms with Gasteiger partial charge >= 0.3 is 23.9 Å². The van der Waals surface area contributed by atoms with E-state index in [9.17, 15) is 34.5 Å². The van der Waals surface area contributed by atoms with E-state index in [4.69, 9.17) is 23.7 Å². The minimum Gasteiger partial charge on any atom is -0.479 e. The number of aliphatic hydroxyl groups is 2. The van der Waals surface area contributed by atoms with E-state index in [1.54, 1.807) is 0 Å². The lowest BCUT2D eigenvalue weighted by Crippen LogP contribution is -2.61. The first-order chi connectivity index (χ1) is 41.6. The molecule has 1 fully saturated rings. The van der Waals surface area contributed by atoms with E-state index >= 15 is 0 Å². The van der Waals surface area contributed by atoms with Crippen molar-refractivity contribution in [3.63, 3.8) is 0 Å². The van der Waals surface area contributed by atoms with Gasteiger partial charge in [-0.25, -0.2) is 4.79 Å². The summed E-state index contributed by atoms with van der Waals surface area (Å²) < 4.78 is 28.7. The minimum absolute atomic E-state index is 0.0685. The molecule has 0 saturated carbocycles. The van der Waals surface area contributed by atoms with Gasteiger partial charge in [-0.15, -0.1) is 0 Å². The number of carbonyl (C=O) groups excluding carboxylic acids is 3. The van der Waals surface area contributed by atoms with E-state index in [-0.39, 0.29) is 25.9 Å². The summed E-state index contributed by atoms with van der Waals surface area (Å²) in [5.41, 5.74) is 0. The number of hydrogen-bond acceptors (Lipinski definition) is 11. The highest BCUT2D eigenvalue weighted by Crippen LogP contribution is 2.27. The maximum absolute atomic E-state index is 13.2. The molecule has 0 spiro atoms. The molecule has 0 bridgehead atoms. The summed E-state index contributed by atoms with van der Waals surface area (Å²) in [7, 11) is 0. The van der Waals surface area contributed by atoms with Crippen LogP contribution in [0.25, 0.3) is 0 Å². The molecule has 0 aromatic heterocycles. The number of unbranched alkanes of at least 4 members (excludes halogenated alkanes) is 46. The van der Waals surface area contributed by atoms with E-state index < -0.39 is 67.3 Å². The molecule has 85 heavy (non-hydrogen) atoms. The van der Waals surface area contributed by atoms with E-state index in [0.717, 1.165) is 70.6 Å². The second-order valence-corrected chi connectivity index (χ2v) is 25.2. The van der Waals surface area contributed by atoms with Crippen LogP contribution in [0.4, 0.5) is 0 Å². The van der Waals surface area contributed by atoms with E-state index in [2.05, 4.69) is 45.1 Å². The number of aliphatic carboxylic acids is 1. The van der Waals surface area contributed by atoms with Crippen LogP contribution in [-0.4, -0.2) is 89.2 Å². The van der Waals surface area contributed by atoms with Gasteiger partial charge < -0.3 is 39.0 Å². The zero-order chi connectivity index (χ0) is 61.7. The number of rotatable bonds is 64. The normalized spacial score (nSPS) is 17.5. The number of esters is 3. The molecule has 1 rings (SSSR count). The fourth-order valence-electron chi connectivity index (χ4n) is 11.5. The van der Waals surface area contributed by atoms with Crippen molar-refractivity contribution in [1.82, 2.24) is 0 Å². The first-order valence-electron chi connectivity index (χ1n) is 36.3. The van der Waals surface area contributed by atoms with Gasteiger partial charge in [0.15, 0.2) is 24.6 Å². The lowest BCUT2D eigenvalue weighted by Gasteiger charge is -2.40. The fourth-order valence-corrected chi connectivity index (χ4v) is 11.5. The Balaban J connectivity index is 2.60. The molecular formula is C73H134O12. The number of ether oxygens (including phenoxy) is 5. The van der Waals surface area contributed by atoms with Crippen molar-refractivity contribution < 1.29 is 58.2 Å². The van der Waals surface area contributed by atoms with Gasteiger partial charge in [-0.05, 0) is 51.4 Å². The Labute approximate surface area is 521 Å². The summed E-state index contributed by atoms with van der Waals surface area (Å²) in [5.74, 6) is -3.07. The summed E-state index contributed by atoms with van der Waals surface area (Å²) in [6, 6.07) is 0. The third-order valence-electron chi connectivity index (χ3n) is 17.0. The average molecular weight is 1200 g/mol. The van der Waals surface area contributed by atoms with Crippen molar-refractivity contribution in [3.05, 3.63) is 24.3 Å². The van der Waals surface area contributed by atoms with Gasteiger partial charge in [0.25, 0.3) is 0 Å². The second-order valence-electron chi connectivity index (χ2n) is 25.2. The van der Waals surface area contributed by atoms with Gasteiger partial charge in [-0.3, -0.25) is 14.4 Å². The van der Waals surface area contributed by atoms with Gasteiger partial charge in [0.05, 0.1) is 6.61 Å². The van der Waals surface area contributed by atoms with Crippen molar-refractivity contribution in [2.75, 3.05) is 13.2 Å². The molecule has 6 atom stereocenters. The van der Waals surface area contributed by atoms with Crippen LogP contribution in [0, 0.1) is 0 Å². The predicted octanol–water partition coefficient (Wildman–Crippen LogP) is 20.1. The van der Waals surface area contributed by atoms with Crippen LogP contribution in [-0.2, 0) is 42.9 Å². The molecule has 6 unspecified atom stereocenters. The number of carboxylic acid groups (broad SMARTS) is 1. The van der Waals surface area contributed by atoms with Gasteiger partial charge in [0.2, 0.25) is 0 Å².